The number of aryl methyl sites for hydroxylation is 1. The quantitative estimate of drug-likeness (QED) is 0.672. The summed E-state index contributed by atoms with van der Waals surface area (Å²) in [6, 6.07) is 0. The summed E-state index contributed by atoms with van der Waals surface area (Å²) in [6.45, 7) is 4.44. The Bertz CT molecular complexity index is 242. The standard InChI is InChI=1S/C11H21N3/c1-3-4-5-7-12-8-6-11-9-13-14(2)10-11/h9-10,12H,3-8H2,1-2H3. The van der Waals surface area contributed by atoms with E-state index >= 15 is 0 Å². The van der Waals surface area contributed by atoms with Crippen LogP contribution in [-0.2, 0) is 13.5 Å². The molecule has 0 atom stereocenters. The lowest BCUT2D eigenvalue weighted by molar-refractivity contribution is 0.616. The summed E-state index contributed by atoms with van der Waals surface area (Å²) in [7, 11) is 1.96. The highest BCUT2D eigenvalue weighted by molar-refractivity contribution is 5.03. The van der Waals surface area contributed by atoms with Crippen LogP contribution >= 0.6 is 0 Å². The van der Waals surface area contributed by atoms with Gasteiger partial charge in [0.2, 0.25) is 0 Å². The molecule has 3 heteroatoms. The van der Waals surface area contributed by atoms with E-state index < -0.39 is 0 Å². The number of rotatable bonds is 7. The van der Waals surface area contributed by atoms with Crippen LogP contribution in [0, 0.1) is 0 Å². The van der Waals surface area contributed by atoms with Gasteiger partial charge in [-0.15, -0.1) is 0 Å². The normalized spacial score (nSPS) is 10.7. The van der Waals surface area contributed by atoms with E-state index in [1.165, 1.54) is 24.8 Å². The van der Waals surface area contributed by atoms with Crippen molar-refractivity contribution < 1.29 is 0 Å². The summed E-state index contributed by atoms with van der Waals surface area (Å²) < 4.78 is 1.85. The average Bonchev–Trinajstić information content (AvgIpc) is 2.58. The third kappa shape index (κ3) is 4.42. The first-order chi connectivity index (χ1) is 6.83. The second kappa shape index (κ2) is 6.60. The highest BCUT2D eigenvalue weighted by atomic mass is 15.2. The third-order valence-corrected chi connectivity index (χ3v) is 2.31. The average molecular weight is 195 g/mol. The van der Waals surface area contributed by atoms with Crippen LogP contribution in [0.15, 0.2) is 12.4 Å². The first-order valence-electron chi connectivity index (χ1n) is 5.51. The van der Waals surface area contributed by atoms with Gasteiger partial charge in [-0.2, -0.15) is 5.10 Å². The lowest BCUT2D eigenvalue weighted by Gasteiger charge is -2.02. The Balaban J connectivity index is 1.99. The minimum Gasteiger partial charge on any atom is -0.316 e. The van der Waals surface area contributed by atoms with Gasteiger partial charge in [-0.3, -0.25) is 4.68 Å². The monoisotopic (exact) mass is 195 g/mol. The van der Waals surface area contributed by atoms with Gasteiger partial charge in [0, 0.05) is 13.2 Å². The van der Waals surface area contributed by atoms with Gasteiger partial charge >= 0.3 is 0 Å². The van der Waals surface area contributed by atoms with Crippen LogP contribution < -0.4 is 5.32 Å². The Labute approximate surface area is 86.5 Å². The van der Waals surface area contributed by atoms with Crippen LogP contribution in [0.5, 0.6) is 0 Å². The van der Waals surface area contributed by atoms with Gasteiger partial charge in [-0.05, 0) is 31.5 Å². The topological polar surface area (TPSA) is 29.9 Å². The summed E-state index contributed by atoms with van der Waals surface area (Å²) in [5.74, 6) is 0. The highest BCUT2D eigenvalue weighted by Crippen LogP contribution is 1.96. The molecule has 1 rings (SSSR count). The van der Waals surface area contributed by atoms with Crippen LogP contribution in [0.4, 0.5) is 0 Å². The van der Waals surface area contributed by atoms with Gasteiger partial charge in [-0.1, -0.05) is 19.8 Å². The minimum atomic E-state index is 1.06. The molecule has 0 fully saturated rings. The van der Waals surface area contributed by atoms with Crippen molar-refractivity contribution >= 4 is 0 Å². The van der Waals surface area contributed by atoms with Crippen molar-refractivity contribution in [2.75, 3.05) is 13.1 Å². The molecule has 1 heterocycles. The number of aromatic nitrogens is 2. The third-order valence-electron chi connectivity index (χ3n) is 2.31. The van der Waals surface area contributed by atoms with Crippen LogP contribution in [0.3, 0.4) is 0 Å². The van der Waals surface area contributed by atoms with E-state index in [0.717, 1.165) is 19.5 Å². The first kappa shape index (κ1) is 11.2. The molecule has 1 N–H and O–H groups in total. The fourth-order valence-electron chi connectivity index (χ4n) is 1.46. The fraction of sp³-hybridized carbons (Fsp3) is 0.727. The molecule has 0 aromatic carbocycles. The molecule has 0 spiro atoms. The minimum absolute atomic E-state index is 1.06. The van der Waals surface area contributed by atoms with E-state index in [0.29, 0.717) is 0 Å². The molecule has 0 saturated heterocycles. The molecular formula is C11H21N3. The van der Waals surface area contributed by atoms with E-state index in [2.05, 4.69) is 23.5 Å². The van der Waals surface area contributed by atoms with Gasteiger partial charge in [0.05, 0.1) is 6.20 Å². The summed E-state index contributed by atoms with van der Waals surface area (Å²) in [6.07, 6.45) is 9.02. The molecule has 0 aliphatic heterocycles. The van der Waals surface area contributed by atoms with Crippen molar-refractivity contribution in [3.63, 3.8) is 0 Å². The number of nitrogens with one attached hydrogen (secondary N) is 1. The van der Waals surface area contributed by atoms with Crippen molar-refractivity contribution in [2.45, 2.75) is 32.6 Å². The molecule has 0 bridgehead atoms. The Hall–Kier alpha value is -0.830. The van der Waals surface area contributed by atoms with Gasteiger partial charge in [0.25, 0.3) is 0 Å². The lowest BCUT2D eigenvalue weighted by atomic mass is 10.2. The van der Waals surface area contributed by atoms with Crippen LogP contribution in [0.2, 0.25) is 0 Å². The highest BCUT2D eigenvalue weighted by Gasteiger charge is 1.94. The zero-order valence-electron chi connectivity index (χ0n) is 9.29. The van der Waals surface area contributed by atoms with Crippen molar-refractivity contribution in [1.29, 1.82) is 0 Å². The van der Waals surface area contributed by atoms with Gasteiger partial charge in [-0.25, -0.2) is 0 Å². The van der Waals surface area contributed by atoms with Gasteiger partial charge in [0.1, 0.15) is 0 Å². The zero-order chi connectivity index (χ0) is 10.2. The zero-order valence-corrected chi connectivity index (χ0v) is 9.29. The molecule has 0 aliphatic rings. The summed E-state index contributed by atoms with van der Waals surface area (Å²) in [5, 5.41) is 7.57. The van der Waals surface area contributed by atoms with Crippen molar-refractivity contribution in [3.05, 3.63) is 18.0 Å². The number of nitrogens with zero attached hydrogens (tertiary/aromatic N) is 2. The molecule has 3 nitrogen and oxygen atoms in total. The Kier molecular flexibility index (Phi) is 5.30. The van der Waals surface area contributed by atoms with E-state index in [1.54, 1.807) is 0 Å². The van der Waals surface area contributed by atoms with Crippen molar-refractivity contribution in [3.8, 4) is 0 Å². The van der Waals surface area contributed by atoms with E-state index in [4.69, 9.17) is 0 Å². The summed E-state index contributed by atoms with van der Waals surface area (Å²) >= 11 is 0. The lowest BCUT2D eigenvalue weighted by Crippen LogP contribution is -2.18. The SMILES string of the molecule is CCCCCNCCc1cnn(C)c1. The second-order valence-electron chi connectivity index (χ2n) is 3.73. The number of hydrogen-bond donors (Lipinski definition) is 1. The molecule has 14 heavy (non-hydrogen) atoms. The Morgan fingerprint density at radius 1 is 1.36 bits per heavy atom. The van der Waals surface area contributed by atoms with Gasteiger partial charge in [0.15, 0.2) is 0 Å². The molecular weight excluding hydrogens is 174 g/mol. The maximum Gasteiger partial charge on any atom is 0.0522 e. The second-order valence-corrected chi connectivity index (χ2v) is 3.73. The van der Waals surface area contributed by atoms with Crippen LogP contribution in [-0.4, -0.2) is 22.9 Å². The maximum absolute atomic E-state index is 4.13. The molecule has 0 radical (unpaired) electrons. The van der Waals surface area contributed by atoms with Crippen molar-refractivity contribution in [2.24, 2.45) is 7.05 Å². The predicted octanol–water partition coefficient (Wildman–Crippen LogP) is 1.74. The Morgan fingerprint density at radius 2 is 2.21 bits per heavy atom. The number of unbranched alkanes of at least 4 members (excludes halogenated alkanes) is 2. The van der Waals surface area contributed by atoms with Crippen LogP contribution in [0.25, 0.3) is 0 Å². The fourth-order valence-corrected chi connectivity index (χ4v) is 1.46. The molecule has 0 unspecified atom stereocenters. The summed E-state index contributed by atoms with van der Waals surface area (Å²) in [4.78, 5) is 0. The molecule has 0 amide bonds. The molecule has 0 aliphatic carbocycles. The smallest absolute Gasteiger partial charge is 0.0522 e. The van der Waals surface area contributed by atoms with E-state index in [1.807, 2.05) is 17.9 Å². The van der Waals surface area contributed by atoms with E-state index in [9.17, 15) is 0 Å². The van der Waals surface area contributed by atoms with Gasteiger partial charge < -0.3 is 5.32 Å². The Morgan fingerprint density at radius 3 is 2.86 bits per heavy atom. The largest absolute Gasteiger partial charge is 0.316 e. The molecule has 80 valence electrons. The number of hydrogen-bond acceptors (Lipinski definition) is 2. The maximum atomic E-state index is 4.13. The summed E-state index contributed by atoms with van der Waals surface area (Å²) in [5.41, 5.74) is 1.32. The molecule has 1 aromatic rings. The predicted molar refractivity (Wildman–Crippen MR) is 59.3 cm³/mol. The first-order valence-corrected chi connectivity index (χ1v) is 5.51. The van der Waals surface area contributed by atoms with Crippen molar-refractivity contribution in [1.82, 2.24) is 15.1 Å². The van der Waals surface area contributed by atoms with Crippen LogP contribution in [0.1, 0.15) is 31.7 Å². The molecule has 1 aromatic heterocycles. The van der Waals surface area contributed by atoms with E-state index in [-0.39, 0.29) is 0 Å². The molecule has 0 saturated carbocycles.